The molecule has 2 aromatic carbocycles. The van der Waals surface area contributed by atoms with Crippen LogP contribution in [0.1, 0.15) is 16.1 Å². The van der Waals surface area contributed by atoms with Gasteiger partial charge in [0.15, 0.2) is 0 Å². The predicted octanol–water partition coefficient (Wildman–Crippen LogP) is 5.34. The number of aryl methyl sites for hydroxylation is 1. The minimum Gasteiger partial charge on any atom is -0.496 e. The fourth-order valence-corrected chi connectivity index (χ4v) is 4.03. The van der Waals surface area contributed by atoms with E-state index in [4.69, 9.17) is 4.74 Å². The number of hydrogen-bond acceptors (Lipinski definition) is 6. The standard InChI is InChI=1S/C25H23F4N5O3/c1-14-7-18-21(9-16(26)10-22(18)37-2)34(14)6-5-30-23-11-19(32-13-33-23)15-3-4-17(24(35)36)20(8-15)31-12-25(27,28)29/h3-4,7-11,13,31H,5-6,12H2,1-2H3,(H,35,36)(H,30,32,33). The highest BCUT2D eigenvalue weighted by molar-refractivity contribution is 5.95. The lowest BCUT2D eigenvalue weighted by Crippen LogP contribution is -2.22. The van der Waals surface area contributed by atoms with E-state index in [0.29, 0.717) is 41.4 Å². The molecule has 0 saturated heterocycles. The number of ether oxygens (including phenoxy) is 1. The molecule has 0 atom stereocenters. The molecule has 2 aromatic heterocycles. The minimum atomic E-state index is -4.52. The van der Waals surface area contributed by atoms with Crippen molar-refractivity contribution in [3.63, 3.8) is 0 Å². The summed E-state index contributed by atoms with van der Waals surface area (Å²) < 4.78 is 59.3. The Morgan fingerprint density at radius 3 is 2.59 bits per heavy atom. The van der Waals surface area contributed by atoms with E-state index in [2.05, 4.69) is 20.6 Å². The zero-order chi connectivity index (χ0) is 26.7. The number of halogens is 4. The maximum Gasteiger partial charge on any atom is 0.405 e. The molecular weight excluding hydrogens is 494 g/mol. The van der Waals surface area contributed by atoms with E-state index in [1.165, 1.54) is 43.8 Å². The summed E-state index contributed by atoms with van der Waals surface area (Å²) in [5, 5.41) is 15.4. The maximum atomic E-state index is 14.1. The van der Waals surface area contributed by atoms with Crippen molar-refractivity contribution < 1.29 is 32.2 Å². The average molecular weight is 517 g/mol. The fraction of sp³-hybridized carbons (Fsp3) is 0.240. The number of nitrogens with zero attached hydrogens (tertiary/aromatic N) is 3. The number of carboxylic acid groups (broad SMARTS) is 1. The normalized spacial score (nSPS) is 11.5. The first-order chi connectivity index (χ1) is 17.6. The van der Waals surface area contributed by atoms with E-state index in [1.807, 2.05) is 17.6 Å². The second-order valence-corrected chi connectivity index (χ2v) is 8.23. The first-order valence-corrected chi connectivity index (χ1v) is 11.1. The van der Waals surface area contributed by atoms with E-state index in [1.54, 1.807) is 6.07 Å². The maximum absolute atomic E-state index is 14.1. The lowest BCUT2D eigenvalue weighted by Gasteiger charge is -2.14. The number of nitrogens with one attached hydrogen (secondary N) is 2. The number of anilines is 2. The van der Waals surface area contributed by atoms with Gasteiger partial charge < -0.3 is 25.0 Å². The molecule has 4 rings (SSSR count). The summed E-state index contributed by atoms with van der Waals surface area (Å²) in [6.07, 6.45) is -3.22. The van der Waals surface area contributed by atoms with Crippen molar-refractivity contribution in [3.05, 3.63) is 65.9 Å². The van der Waals surface area contributed by atoms with E-state index >= 15 is 0 Å². The summed E-state index contributed by atoms with van der Waals surface area (Å²) in [6, 6.07) is 10.3. The molecule has 3 N–H and O–H groups in total. The summed E-state index contributed by atoms with van der Waals surface area (Å²) in [5.74, 6) is -0.861. The van der Waals surface area contributed by atoms with Gasteiger partial charge in [-0.3, -0.25) is 0 Å². The predicted molar refractivity (Wildman–Crippen MR) is 131 cm³/mol. The number of rotatable bonds is 9. The number of carboxylic acids is 1. The second kappa shape index (κ2) is 10.3. The number of benzene rings is 2. The Hall–Kier alpha value is -4.35. The van der Waals surface area contributed by atoms with E-state index in [9.17, 15) is 27.5 Å². The van der Waals surface area contributed by atoms with Crippen molar-refractivity contribution >= 4 is 28.4 Å². The monoisotopic (exact) mass is 517 g/mol. The fourth-order valence-electron chi connectivity index (χ4n) is 4.03. The Bertz CT molecular complexity index is 1450. The van der Waals surface area contributed by atoms with Gasteiger partial charge in [-0.1, -0.05) is 6.07 Å². The molecule has 0 spiro atoms. The lowest BCUT2D eigenvalue weighted by molar-refractivity contribution is -0.115. The molecule has 0 aliphatic rings. The molecule has 8 nitrogen and oxygen atoms in total. The third-order valence-electron chi connectivity index (χ3n) is 5.71. The molecule has 37 heavy (non-hydrogen) atoms. The van der Waals surface area contributed by atoms with Crippen LogP contribution >= 0.6 is 0 Å². The van der Waals surface area contributed by atoms with E-state index < -0.39 is 24.5 Å². The Morgan fingerprint density at radius 2 is 1.89 bits per heavy atom. The van der Waals surface area contributed by atoms with Crippen molar-refractivity contribution in [2.24, 2.45) is 0 Å². The number of methoxy groups -OCH3 is 1. The second-order valence-electron chi connectivity index (χ2n) is 8.23. The molecule has 4 aromatic rings. The van der Waals surface area contributed by atoms with Crippen LogP contribution < -0.4 is 15.4 Å². The number of fused-ring (bicyclic) bond motifs is 1. The van der Waals surface area contributed by atoms with Gasteiger partial charge in [0.05, 0.1) is 23.9 Å². The minimum absolute atomic E-state index is 0.173. The van der Waals surface area contributed by atoms with Gasteiger partial charge in [-0.15, -0.1) is 0 Å². The van der Waals surface area contributed by atoms with Crippen LogP contribution in [0.2, 0.25) is 0 Å². The van der Waals surface area contributed by atoms with Crippen LogP contribution in [0.15, 0.2) is 48.8 Å². The van der Waals surface area contributed by atoms with Gasteiger partial charge in [0.1, 0.15) is 30.3 Å². The number of alkyl halides is 3. The van der Waals surface area contributed by atoms with Crippen LogP contribution in [0.4, 0.5) is 29.1 Å². The molecule has 0 amide bonds. The zero-order valence-electron chi connectivity index (χ0n) is 19.9. The van der Waals surface area contributed by atoms with Crippen LogP contribution in [-0.2, 0) is 6.54 Å². The molecule has 0 radical (unpaired) electrons. The SMILES string of the molecule is COc1cc(F)cc2c1cc(C)n2CCNc1cc(-c2ccc(C(=O)O)c(NCC(F)(F)F)c2)ncn1. The number of aromatic carboxylic acids is 1. The summed E-state index contributed by atoms with van der Waals surface area (Å²) >= 11 is 0. The highest BCUT2D eigenvalue weighted by atomic mass is 19.4. The van der Waals surface area contributed by atoms with Gasteiger partial charge in [0.2, 0.25) is 0 Å². The van der Waals surface area contributed by atoms with Crippen LogP contribution in [0, 0.1) is 12.7 Å². The van der Waals surface area contributed by atoms with E-state index in [-0.39, 0.29) is 11.3 Å². The summed E-state index contributed by atoms with van der Waals surface area (Å²) in [6.45, 7) is 1.44. The van der Waals surface area contributed by atoms with Crippen molar-refractivity contribution in [2.45, 2.75) is 19.6 Å². The first kappa shape index (κ1) is 25.7. The quantitative estimate of drug-likeness (QED) is 0.258. The number of carbonyl (C=O) groups is 1. The molecule has 2 heterocycles. The largest absolute Gasteiger partial charge is 0.496 e. The van der Waals surface area contributed by atoms with E-state index in [0.717, 1.165) is 11.1 Å². The molecule has 0 saturated carbocycles. The average Bonchev–Trinajstić information content (AvgIpc) is 3.16. The molecule has 0 aliphatic carbocycles. The van der Waals surface area contributed by atoms with Gasteiger partial charge in [0, 0.05) is 47.6 Å². The molecule has 0 unspecified atom stereocenters. The topological polar surface area (TPSA) is 101 Å². The highest BCUT2D eigenvalue weighted by Crippen LogP contribution is 2.30. The summed E-state index contributed by atoms with van der Waals surface area (Å²) in [7, 11) is 1.49. The molecule has 0 fully saturated rings. The highest BCUT2D eigenvalue weighted by Gasteiger charge is 2.27. The Balaban J connectivity index is 1.52. The van der Waals surface area contributed by atoms with Gasteiger partial charge in [-0.2, -0.15) is 13.2 Å². The molecule has 0 aliphatic heterocycles. The summed E-state index contributed by atoms with van der Waals surface area (Å²) in [4.78, 5) is 19.8. The molecular formula is C25H23F4N5O3. The number of hydrogen-bond donors (Lipinski definition) is 3. The van der Waals surface area contributed by atoms with Crippen LogP contribution in [0.25, 0.3) is 22.2 Å². The van der Waals surface area contributed by atoms with Crippen LogP contribution in [-0.4, -0.2) is 52.0 Å². The van der Waals surface area contributed by atoms with Crippen LogP contribution in [0.3, 0.4) is 0 Å². The summed E-state index contributed by atoms with van der Waals surface area (Å²) in [5.41, 5.74) is 1.95. The van der Waals surface area contributed by atoms with Gasteiger partial charge in [-0.25, -0.2) is 19.2 Å². The van der Waals surface area contributed by atoms with Crippen molar-refractivity contribution in [1.82, 2.24) is 14.5 Å². The molecule has 194 valence electrons. The van der Waals surface area contributed by atoms with Gasteiger partial charge >= 0.3 is 12.1 Å². The third kappa shape index (κ3) is 5.90. The Morgan fingerprint density at radius 1 is 1.11 bits per heavy atom. The van der Waals surface area contributed by atoms with Crippen molar-refractivity contribution in [2.75, 3.05) is 30.8 Å². The van der Waals surface area contributed by atoms with Crippen LogP contribution in [0.5, 0.6) is 5.75 Å². The Labute approximate surface area is 208 Å². The molecule has 12 heteroatoms. The van der Waals surface area contributed by atoms with Gasteiger partial charge in [-0.05, 0) is 31.2 Å². The van der Waals surface area contributed by atoms with Crippen molar-refractivity contribution in [1.29, 1.82) is 0 Å². The zero-order valence-corrected chi connectivity index (χ0v) is 19.9. The lowest BCUT2D eigenvalue weighted by atomic mass is 10.1. The van der Waals surface area contributed by atoms with Crippen molar-refractivity contribution in [3.8, 4) is 17.0 Å². The van der Waals surface area contributed by atoms with Gasteiger partial charge in [0.25, 0.3) is 0 Å². The Kier molecular flexibility index (Phi) is 7.18. The third-order valence-corrected chi connectivity index (χ3v) is 5.71. The molecule has 0 bridgehead atoms. The smallest absolute Gasteiger partial charge is 0.405 e. The number of aromatic nitrogens is 3. The first-order valence-electron chi connectivity index (χ1n) is 11.1.